The predicted molar refractivity (Wildman–Crippen MR) is 127 cm³/mol. The quantitative estimate of drug-likeness (QED) is 0.631. The van der Waals surface area contributed by atoms with Crippen LogP contribution in [0.2, 0.25) is 0 Å². The van der Waals surface area contributed by atoms with E-state index in [9.17, 15) is 14.9 Å². The van der Waals surface area contributed by atoms with Gasteiger partial charge >= 0.3 is 0 Å². The molecule has 170 valence electrons. The van der Waals surface area contributed by atoms with Crippen molar-refractivity contribution in [3.63, 3.8) is 0 Å². The maximum absolute atomic E-state index is 12.3. The summed E-state index contributed by atoms with van der Waals surface area (Å²) < 4.78 is 0. The summed E-state index contributed by atoms with van der Waals surface area (Å²) in [5.74, 6) is 0.137. The van der Waals surface area contributed by atoms with Crippen LogP contribution in [-0.4, -0.2) is 52.1 Å². The number of anilines is 1. The van der Waals surface area contributed by atoms with Crippen molar-refractivity contribution in [3.8, 4) is 6.07 Å². The van der Waals surface area contributed by atoms with Crippen LogP contribution in [0.3, 0.4) is 0 Å². The number of hydrogen-bond donors (Lipinski definition) is 0. The number of nitriles is 1. The average Bonchev–Trinajstić information content (AvgIpc) is 2.83. The minimum Gasteiger partial charge on any atom is -0.364 e. The number of ketones is 2. The zero-order valence-electron chi connectivity index (χ0n) is 19.5. The van der Waals surface area contributed by atoms with Gasteiger partial charge in [0.2, 0.25) is 0 Å². The number of fused-ring (bicyclic) bond motifs is 1. The topological polar surface area (TPSA) is 90.2 Å². The zero-order valence-corrected chi connectivity index (χ0v) is 19.5. The van der Waals surface area contributed by atoms with Crippen LogP contribution in [0.1, 0.15) is 66.6 Å². The van der Waals surface area contributed by atoms with Crippen LogP contribution < -0.4 is 4.90 Å². The lowest BCUT2D eigenvalue weighted by molar-refractivity contribution is -0.115. The minimum atomic E-state index is -0.0577. The van der Waals surface area contributed by atoms with Crippen LogP contribution in [0, 0.1) is 11.3 Å². The number of rotatable bonds is 6. The smallest absolute Gasteiger partial charge is 0.180 e. The van der Waals surface area contributed by atoms with Crippen LogP contribution in [-0.2, 0) is 17.8 Å². The highest BCUT2D eigenvalue weighted by molar-refractivity contribution is 6.03. The van der Waals surface area contributed by atoms with Crippen LogP contribution in [0.15, 0.2) is 30.0 Å². The highest BCUT2D eigenvalue weighted by Gasteiger charge is 2.27. The molecule has 0 spiro atoms. The van der Waals surface area contributed by atoms with E-state index in [0.717, 1.165) is 60.7 Å². The Morgan fingerprint density at radius 1 is 1.27 bits per heavy atom. The lowest BCUT2D eigenvalue weighted by Gasteiger charge is -2.41. The van der Waals surface area contributed by atoms with Crippen LogP contribution in [0.5, 0.6) is 0 Å². The third kappa shape index (κ3) is 4.71. The molecule has 0 bridgehead atoms. The highest BCUT2D eigenvalue weighted by atomic mass is 16.1. The van der Waals surface area contributed by atoms with E-state index in [0.29, 0.717) is 24.2 Å². The minimum absolute atomic E-state index is 0.0577. The molecule has 1 aliphatic heterocycles. The average molecular weight is 444 g/mol. The molecule has 2 aromatic heterocycles. The molecule has 0 aromatic carbocycles. The van der Waals surface area contributed by atoms with Crippen molar-refractivity contribution >= 4 is 23.3 Å². The van der Waals surface area contributed by atoms with Gasteiger partial charge in [-0.3, -0.25) is 19.5 Å². The van der Waals surface area contributed by atoms with Gasteiger partial charge in [-0.25, -0.2) is 4.98 Å². The lowest BCUT2D eigenvalue weighted by atomic mass is 9.92. The van der Waals surface area contributed by atoms with Crippen molar-refractivity contribution in [3.05, 3.63) is 58.2 Å². The number of nitrogens with zero attached hydrogens (tertiary/aromatic N) is 5. The Labute approximate surface area is 194 Å². The van der Waals surface area contributed by atoms with Crippen LogP contribution >= 0.6 is 0 Å². The predicted octanol–water partition coefficient (Wildman–Crippen LogP) is 3.57. The molecule has 2 aromatic rings. The standard InChI is InChI=1S/C26H29N5O2/c1-4-19-11-22-20(12-26(19)33)10-18(14-28-22)16-30-8-9-31(17(3)15-30)24-7-6-21(25(32)5-2)29-23(24)13-27/h6-7,10-11,14,17H,4-5,8-9,12,15-16H2,1-3H3/t17-/m1/s1. The first kappa shape index (κ1) is 22.8. The largest absolute Gasteiger partial charge is 0.364 e. The Kier molecular flexibility index (Phi) is 6.66. The molecule has 4 rings (SSSR count). The second-order valence-corrected chi connectivity index (χ2v) is 8.74. The van der Waals surface area contributed by atoms with Crippen molar-refractivity contribution in [1.82, 2.24) is 14.9 Å². The Bertz CT molecular complexity index is 1160. The normalized spacial score (nSPS) is 18.5. The van der Waals surface area contributed by atoms with Crippen molar-refractivity contribution in [1.29, 1.82) is 5.26 Å². The van der Waals surface area contributed by atoms with Gasteiger partial charge in [0.25, 0.3) is 0 Å². The van der Waals surface area contributed by atoms with E-state index in [4.69, 9.17) is 0 Å². The van der Waals surface area contributed by atoms with Gasteiger partial charge in [0.1, 0.15) is 11.8 Å². The summed E-state index contributed by atoms with van der Waals surface area (Å²) in [6, 6.07) is 8.03. The van der Waals surface area contributed by atoms with Crippen molar-refractivity contribution in [2.24, 2.45) is 0 Å². The van der Waals surface area contributed by atoms with E-state index in [1.54, 1.807) is 13.0 Å². The maximum atomic E-state index is 12.3. The monoisotopic (exact) mass is 443 g/mol. The van der Waals surface area contributed by atoms with E-state index in [1.165, 1.54) is 0 Å². The van der Waals surface area contributed by atoms with Gasteiger partial charge in [0.15, 0.2) is 17.3 Å². The molecule has 2 aliphatic rings. The molecule has 1 fully saturated rings. The van der Waals surface area contributed by atoms with Gasteiger partial charge in [-0.1, -0.05) is 19.9 Å². The van der Waals surface area contributed by atoms with Gasteiger partial charge in [-0.05, 0) is 48.3 Å². The van der Waals surface area contributed by atoms with E-state index >= 15 is 0 Å². The van der Waals surface area contributed by atoms with Crippen molar-refractivity contribution < 1.29 is 9.59 Å². The lowest BCUT2D eigenvalue weighted by Crippen LogP contribution is -2.52. The number of pyridine rings is 2. The SMILES string of the molecule is CCC(=O)c1ccc(N2CCN(Cc3cnc4c(c3)CC(=O)C(CC)=C4)C[C@H]2C)c(C#N)n1. The number of allylic oxidation sites excluding steroid dienone is 1. The Morgan fingerprint density at radius 2 is 2.09 bits per heavy atom. The Hall–Kier alpha value is -3.37. The van der Waals surface area contributed by atoms with Gasteiger partial charge < -0.3 is 4.90 Å². The van der Waals surface area contributed by atoms with E-state index < -0.39 is 0 Å². The molecule has 1 saturated heterocycles. The number of Topliss-reactive ketones (excluding diaryl/α,β-unsaturated/α-hetero) is 2. The summed E-state index contributed by atoms with van der Waals surface area (Å²) in [5, 5.41) is 9.61. The molecule has 1 atom stereocenters. The Balaban J connectivity index is 1.45. The third-order valence-electron chi connectivity index (χ3n) is 6.47. The molecule has 33 heavy (non-hydrogen) atoms. The van der Waals surface area contributed by atoms with E-state index in [2.05, 4.69) is 38.8 Å². The molecule has 1 aliphatic carbocycles. The highest BCUT2D eigenvalue weighted by Crippen LogP contribution is 2.26. The van der Waals surface area contributed by atoms with Crippen LogP contribution in [0.25, 0.3) is 6.08 Å². The molecular weight excluding hydrogens is 414 g/mol. The van der Waals surface area contributed by atoms with E-state index in [-0.39, 0.29) is 17.6 Å². The van der Waals surface area contributed by atoms with E-state index in [1.807, 2.05) is 25.3 Å². The second-order valence-electron chi connectivity index (χ2n) is 8.74. The fourth-order valence-corrected chi connectivity index (χ4v) is 4.65. The number of piperazine rings is 1. The van der Waals surface area contributed by atoms with Crippen molar-refractivity contribution in [2.75, 3.05) is 24.5 Å². The van der Waals surface area contributed by atoms with Gasteiger partial charge in [-0.15, -0.1) is 0 Å². The first-order valence-corrected chi connectivity index (χ1v) is 11.6. The molecule has 7 nitrogen and oxygen atoms in total. The fraction of sp³-hybridized carbons (Fsp3) is 0.423. The molecular formula is C26H29N5O2. The first-order valence-electron chi connectivity index (χ1n) is 11.6. The van der Waals surface area contributed by atoms with Gasteiger partial charge in [0, 0.05) is 51.3 Å². The summed E-state index contributed by atoms with van der Waals surface area (Å²) in [6.07, 6.45) is 5.38. The number of carbonyl (C=O) groups excluding carboxylic acids is 2. The summed E-state index contributed by atoms with van der Waals surface area (Å²) in [4.78, 5) is 37.7. The number of hydrogen-bond acceptors (Lipinski definition) is 7. The summed E-state index contributed by atoms with van der Waals surface area (Å²) in [6.45, 7) is 9.12. The van der Waals surface area contributed by atoms with Gasteiger partial charge in [0.05, 0.1) is 11.4 Å². The number of aromatic nitrogens is 2. The molecule has 3 heterocycles. The third-order valence-corrected chi connectivity index (χ3v) is 6.47. The van der Waals surface area contributed by atoms with Crippen molar-refractivity contribution in [2.45, 2.75) is 52.6 Å². The zero-order chi connectivity index (χ0) is 23.5. The molecule has 0 saturated carbocycles. The first-order chi connectivity index (χ1) is 15.9. The second kappa shape index (κ2) is 9.63. The number of carbonyl (C=O) groups is 2. The Morgan fingerprint density at radius 3 is 2.79 bits per heavy atom. The van der Waals surface area contributed by atoms with Crippen LogP contribution in [0.4, 0.5) is 5.69 Å². The molecule has 7 heteroatoms. The molecule has 0 amide bonds. The fourth-order valence-electron chi connectivity index (χ4n) is 4.65. The summed E-state index contributed by atoms with van der Waals surface area (Å²) in [5.41, 5.74) is 5.32. The molecule has 0 unspecified atom stereocenters. The molecule has 0 N–H and O–H groups in total. The summed E-state index contributed by atoms with van der Waals surface area (Å²) in [7, 11) is 0. The van der Waals surface area contributed by atoms with Gasteiger partial charge in [-0.2, -0.15) is 5.26 Å². The molecule has 0 radical (unpaired) electrons. The maximum Gasteiger partial charge on any atom is 0.180 e. The summed E-state index contributed by atoms with van der Waals surface area (Å²) >= 11 is 0.